The number of rotatable bonds is 3. The normalized spacial score (nSPS) is 16.1. The lowest BCUT2D eigenvalue weighted by Gasteiger charge is -2.29. The molecule has 1 aliphatic carbocycles. The van der Waals surface area contributed by atoms with E-state index >= 15 is 0 Å². The molecule has 1 aliphatic heterocycles. The van der Waals surface area contributed by atoms with Gasteiger partial charge in [0.1, 0.15) is 4.83 Å². The highest BCUT2D eigenvalue weighted by molar-refractivity contribution is 7.99. The lowest BCUT2D eigenvalue weighted by Crippen LogP contribution is -2.36. The summed E-state index contributed by atoms with van der Waals surface area (Å²) in [5.74, 6) is 0.332. The fourth-order valence-electron chi connectivity index (χ4n) is 4.21. The maximum absolute atomic E-state index is 12.8. The number of nitrogens with one attached hydrogen (secondary N) is 1. The van der Waals surface area contributed by atoms with Gasteiger partial charge in [-0.1, -0.05) is 30.0 Å². The number of carbonyl (C=O) groups excluding carboxylic acids is 1. The number of benzene rings is 1. The monoisotopic (exact) mass is 411 g/mol. The molecule has 1 N–H and O–H groups in total. The summed E-state index contributed by atoms with van der Waals surface area (Å²) >= 11 is 2.96. The predicted molar refractivity (Wildman–Crippen MR) is 115 cm³/mol. The molecule has 7 heteroatoms. The number of H-pyrrole nitrogens is 1. The number of para-hydroxylation sites is 1. The van der Waals surface area contributed by atoms with Gasteiger partial charge in [0.05, 0.1) is 11.1 Å². The number of thioether (sulfide) groups is 1. The van der Waals surface area contributed by atoms with Gasteiger partial charge in [0.15, 0.2) is 5.16 Å². The summed E-state index contributed by atoms with van der Waals surface area (Å²) in [6.07, 6.45) is 6.34. The summed E-state index contributed by atoms with van der Waals surface area (Å²) in [5, 5.41) is 1.30. The van der Waals surface area contributed by atoms with Crippen LogP contribution in [-0.2, 0) is 24.1 Å². The van der Waals surface area contributed by atoms with Crippen LogP contribution in [0.3, 0.4) is 0 Å². The Hall–Kier alpha value is -2.12. The van der Waals surface area contributed by atoms with Gasteiger partial charge in [-0.15, -0.1) is 11.3 Å². The van der Waals surface area contributed by atoms with Crippen molar-refractivity contribution in [1.82, 2.24) is 9.97 Å². The molecule has 5 rings (SSSR count). The molecule has 0 unspecified atom stereocenters. The van der Waals surface area contributed by atoms with Crippen LogP contribution in [0.4, 0.5) is 5.69 Å². The molecule has 0 bridgehead atoms. The summed E-state index contributed by atoms with van der Waals surface area (Å²) in [4.78, 5) is 37.0. The van der Waals surface area contributed by atoms with Crippen LogP contribution in [-0.4, -0.2) is 28.2 Å². The van der Waals surface area contributed by atoms with E-state index in [0.717, 1.165) is 54.6 Å². The first kappa shape index (κ1) is 17.9. The van der Waals surface area contributed by atoms with Crippen molar-refractivity contribution in [1.29, 1.82) is 0 Å². The van der Waals surface area contributed by atoms with E-state index < -0.39 is 0 Å². The minimum atomic E-state index is -0.0670. The molecule has 3 heterocycles. The Morgan fingerprint density at radius 3 is 2.96 bits per heavy atom. The van der Waals surface area contributed by atoms with E-state index in [0.29, 0.717) is 5.16 Å². The van der Waals surface area contributed by atoms with E-state index in [1.165, 1.54) is 34.2 Å². The number of aryl methyl sites for hydroxylation is 3. The Kier molecular flexibility index (Phi) is 4.72. The van der Waals surface area contributed by atoms with Crippen molar-refractivity contribution in [2.45, 2.75) is 43.7 Å². The number of nitrogens with zero attached hydrogens (tertiary/aromatic N) is 2. The molecule has 2 aromatic heterocycles. The quantitative estimate of drug-likeness (QED) is 0.524. The summed E-state index contributed by atoms with van der Waals surface area (Å²) in [6.45, 7) is 0.747. The van der Waals surface area contributed by atoms with Gasteiger partial charge in [0, 0.05) is 17.1 Å². The molecule has 0 spiro atoms. The van der Waals surface area contributed by atoms with E-state index in [-0.39, 0.29) is 17.2 Å². The summed E-state index contributed by atoms with van der Waals surface area (Å²) in [5.41, 5.74) is 3.37. The zero-order valence-corrected chi connectivity index (χ0v) is 17.1. The fraction of sp³-hybridized carbons (Fsp3) is 0.381. The van der Waals surface area contributed by atoms with E-state index in [4.69, 9.17) is 0 Å². The number of hydrogen-bond acceptors (Lipinski definition) is 5. The average Bonchev–Trinajstić information content (AvgIpc) is 3.10. The molecular weight excluding hydrogens is 390 g/mol. The molecule has 0 saturated carbocycles. The highest BCUT2D eigenvalue weighted by atomic mass is 32.2. The first-order valence-corrected chi connectivity index (χ1v) is 11.6. The third-order valence-electron chi connectivity index (χ3n) is 5.55. The maximum atomic E-state index is 12.8. The van der Waals surface area contributed by atoms with Crippen molar-refractivity contribution in [2.24, 2.45) is 0 Å². The molecule has 5 nitrogen and oxygen atoms in total. The Morgan fingerprint density at radius 2 is 2.04 bits per heavy atom. The number of amides is 1. The first-order chi connectivity index (χ1) is 13.7. The SMILES string of the molecule is O=C(CSc1nc2sc3c(c2c(=O)[nH]1)CCCC3)N1CCCc2ccccc21. The molecule has 3 aromatic rings. The third-order valence-corrected chi connectivity index (χ3v) is 7.59. The minimum absolute atomic E-state index is 0.0605. The van der Waals surface area contributed by atoms with Crippen LogP contribution in [0.5, 0.6) is 0 Å². The van der Waals surface area contributed by atoms with Crippen LogP contribution in [0.25, 0.3) is 10.2 Å². The average molecular weight is 412 g/mol. The molecule has 0 fully saturated rings. The Bertz CT molecular complexity index is 1120. The van der Waals surface area contributed by atoms with E-state index in [9.17, 15) is 9.59 Å². The lowest BCUT2D eigenvalue weighted by atomic mass is 9.97. The number of hydrogen-bond donors (Lipinski definition) is 1. The highest BCUT2D eigenvalue weighted by Gasteiger charge is 2.23. The van der Waals surface area contributed by atoms with Crippen molar-refractivity contribution in [3.8, 4) is 0 Å². The zero-order valence-electron chi connectivity index (χ0n) is 15.5. The van der Waals surface area contributed by atoms with Gasteiger partial charge in [-0.2, -0.15) is 0 Å². The summed E-state index contributed by atoms with van der Waals surface area (Å²) in [7, 11) is 0. The van der Waals surface area contributed by atoms with Gasteiger partial charge in [-0.25, -0.2) is 4.98 Å². The van der Waals surface area contributed by atoms with E-state index in [2.05, 4.69) is 16.0 Å². The second kappa shape index (κ2) is 7.37. The van der Waals surface area contributed by atoms with Gasteiger partial charge in [0.25, 0.3) is 5.56 Å². The number of anilines is 1. The second-order valence-corrected chi connectivity index (χ2v) is 9.38. The highest BCUT2D eigenvalue weighted by Crippen LogP contribution is 2.34. The largest absolute Gasteiger partial charge is 0.311 e. The van der Waals surface area contributed by atoms with Gasteiger partial charge >= 0.3 is 0 Å². The van der Waals surface area contributed by atoms with Gasteiger partial charge in [-0.05, 0) is 55.7 Å². The number of fused-ring (bicyclic) bond motifs is 4. The van der Waals surface area contributed by atoms with Crippen LogP contribution >= 0.6 is 23.1 Å². The van der Waals surface area contributed by atoms with Crippen molar-refractivity contribution < 1.29 is 4.79 Å². The van der Waals surface area contributed by atoms with Crippen molar-refractivity contribution >= 4 is 44.9 Å². The standard InChI is InChI=1S/C21H21N3O2S2/c25-17(24-11-5-7-13-6-1-3-9-15(13)24)12-27-21-22-19(26)18-14-8-2-4-10-16(14)28-20(18)23-21/h1,3,6,9H,2,4-5,7-8,10-12H2,(H,22,23,26). The summed E-state index contributed by atoms with van der Waals surface area (Å²) in [6, 6.07) is 8.10. The van der Waals surface area contributed by atoms with Gasteiger partial charge in [0.2, 0.25) is 5.91 Å². The fourth-order valence-corrected chi connectivity index (χ4v) is 6.27. The summed E-state index contributed by atoms with van der Waals surface area (Å²) < 4.78 is 0. The van der Waals surface area contributed by atoms with E-state index in [1.807, 2.05) is 23.1 Å². The number of aromatic nitrogens is 2. The molecule has 144 valence electrons. The Labute approximate surface area is 171 Å². The van der Waals surface area contributed by atoms with Crippen LogP contribution in [0.15, 0.2) is 34.2 Å². The first-order valence-electron chi connectivity index (χ1n) is 9.76. The molecule has 0 radical (unpaired) electrons. The Balaban J connectivity index is 1.37. The molecule has 2 aliphatic rings. The van der Waals surface area contributed by atoms with Gasteiger partial charge < -0.3 is 9.88 Å². The van der Waals surface area contributed by atoms with E-state index in [1.54, 1.807) is 11.3 Å². The molecular formula is C21H21N3O2S2. The molecule has 0 saturated heterocycles. The molecule has 28 heavy (non-hydrogen) atoms. The van der Waals surface area contributed by atoms with Crippen molar-refractivity contribution in [3.63, 3.8) is 0 Å². The third kappa shape index (κ3) is 3.16. The zero-order chi connectivity index (χ0) is 19.1. The topological polar surface area (TPSA) is 66.1 Å². The van der Waals surface area contributed by atoms with Crippen LogP contribution < -0.4 is 10.5 Å². The molecule has 0 atom stereocenters. The van der Waals surface area contributed by atoms with Crippen LogP contribution in [0.1, 0.15) is 35.3 Å². The number of aromatic amines is 1. The second-order valence-electron chi connectivity index (χ2n) is 7.33. The number of carbonyl (C=O) groups is 1. The number of thiophene rings is 1. The van der Waals surface area contributed by atoms with Crippen LogP contribution in [0, 0.1) is 0 Å². The van der Waals surface area contributed by atoms with Crippen molar-refractivity contribution in [3.05, 3.63) is 50.6 Å². The maximum Gasteiger partial charge on any atom is 0.260 e. The van der Waals surface area contributed by atoms with Crippen LogP contribution in [0.2, 0.25) is 0 Å². The van der Waals surface area contributed by atoms with Crippen molar-refractivity contribution in [2.75, 3.05) is 17.2 Å². The molecule has 1 amide bonds. The minimum Gasteiger partial charge on any atom is -0.311 e. The predicted octanol–water partition coefficient (Wildman–Crippen LogP) is 3.93. The Morgan fingerprint density at radius 1 is 1.18 bits per heavy atom. The van der Waals surface area contributed by atoms with Gasteiger partial charge in [-0.3, -0.25) is 9.59 Å². The lowest BCUT2D eigenvalue weighted by molar-refractivity contribution is -0.116. The molecule has 1 aromatic carbocycles. The smallest absolute Gasteiger partial charge is 0.260 e.